The minimum absolute atomic E-state index is 0.0785. The summed E-state index contributed by atoms with van der Waals surface area (Å²) in [7, 11) is 5.21. The van der Waals surface area contributed by atoms with E-state index in [0.29, 0.717) is 29.0 Å². The number of aromatic nitrogens is 2. The van der Waals surface area contributed by atoms with E-state index in [1.807, 2.05) is 25.1 Å². The van der Waals surface area contributed by atoms with E-state index in [-0.39, 0.29) is 36.4 Å². The van der Waals surface area contributed by atoms with Crippen LogP contribution in [0.25, 0.3) is 22.3 Å². The van der Waals surface area contributed by atoms with Gasteiger partial charge in [0.25, 0.3) is 5.56 Å². The number of fused-ring (bicyclic) bond motifs is 5. The fraction of sp³-hybridized carbons (Fsp3) is 0.407. The molecule has 0 aliphatic carbocycles. The van der Waals surface area contributed by atoms with Gasteiger partial charge in [-0.3, -0.25) is 4.79 Å². The number of rotatable bonds is 6. The number of esters is 2. The van der Waals surface area contributed by atoms with Gasteiger partial charge in [0.15, 0.2) is 6.10 Å². The first-order valence-corrected chi connectivity index (χ1v) is 12.1. The Morgan fingerprint density at radius 2 is 2.05 bits per heavy atom. The van der Waals surface area contributed by atoms with Crippen molar-refractivity contribution in [2.24, 2.45) is 0 Å². The molecule has 2 atom stereocenters. The van der Waals surface area contributed by atoms with E-state index in [0.717, 1.165) is 16.5 Å². The Bertz CT molecular complexity index is 1510. The fourth-order valence-corrected chi connectivity index (χ4v) is 5.09. The van der Waals surface area contributed by atoms with Gasteiger partial charge in [-0.1, -0.05) is 6.92 Å². The lowest BCUT2D eigenvalue weighted by Gasteiger charge is -2.36. The van der Waals surface area contributed by atoms with Gasteiger partial charge >= 0.3 is 11.9 Å². The molecule has 0 saturated carbocycles. The molecule has 3 aromatic rings. The van der Waals surface area contributed by atoms with Gasteiger partial charge in [-0.05, 0) is 51.7 Å². The minimum atomic E-state index is -1.77. The molecule has 194 valence electrons. The zero-order chi connectivity index (χ0) is 26.6. The zero-order valence-corrected chi connectivity index (χ0v) is 21.5. The van der Waals surface area contributed by atoms with Crippen LogP contribution in [0.2, 0.25) is 0 Å². The van der Waals surface area contributed by atoms with Gasteiger partial charge in [0.05, 0.1) is 29.0 Å². The van der Waals surface area contributed by atoms with Crippen molar-refractivity contribution in [2.45, 2.75) is 51.7 Å². The van der Waals surface area contributed by atoms with Gasteiger partial charge in [0.1, 0.15) is 12.4 Å². The van der Waals surface area contributed by atoms with Gasteiger partial charge in [-0.15, -0.1) is 0 Å². The van der Waals surface area contributed by atoms with E-state index in [2.05, 4.69) is 0 Å². The van der Waals surface area contributed by atoms with Crippen LogP contribution < -0.4 is 5.56 Å². The molecule has 1 aromatic carbocycles. The van der Waals surface area contributed by atoms with Gasteiger partial charge in [-0.25, -0.2) is 14.6 Å². The third kappa shape index (κ3) is 3.79. The number of ether oxygens (including phenoxy) is 3. The maximum Gasteiger partial charge on any atom is 0.355 e. The van der Waals surface area contributed by atoms with Crippen molar-refractivity contribution >= 4 is 22.8 Å². The predicted molar refractivity (Wildman–Crippen MR) is 134 cm³/mol. The zero-order valence-electron chi connectivity index (χ0n) is 21.5. The highest BCUT2D eigenvalue weighted by Crippen LogP contribution is 2.41. The Hall–Kier alpha value is -3.76. The third-order valence-electron chi connectivity index (χ3n) is 7.18. The standard InChI is InChI=1S/C27H29N3O7/c1-6-27(37-25(33)14(2)35-5)19-10-21-23-15(11-30(21)24(32)18(19)13-36-26(27)34)9-16-17(12-29(3)4)22(31)8-7-20(16)28-23/h7-10,14,31H,6,11-13H2,1-5H3/t14?,27-/m0/s1. The molecule has 4 heterocycles. The molecular formula is C27H29N3O7. The van der Waals surface area contributed by atoms with E-state index in [1.165, 1.54) is 14.0 Å². The largest absolute Gasteiger partial charge is 0.508 e. The SMILES string of the molecule is CC[C@@]1(OC(=O)C(C)OC)C(=O)OCc2c1cc1n(c2=O)Cc2cc3c(CN(C)C)c(O)ccc3nc2-1. The van der Waals surface area contributed by atoms with Crippen molar-refractivity contribution in [2.75, 3.05) is 21.2 Å². The van der Waals surface area contributed by atoms with Crippen LogP contribution in [0.15, 0.2) is 29.1 Å². The van der Waals surface area contributed by atoms with Gasteiger partial charge in [-0.2, -0.15) is 0 Å². The number of benzene rings is 1. The van der Waals surface area contributed by atoms with Crippen molar-refractivity contribution in [3.05, 3.63) is 56.9 Å². The second-order valence-electron chi connectivity index (χ2n) is 9.73. The summed E-state index contributed by atoms with van der Waals surface area (Å²) in [6.45, 7) is 3.81. The molecule has 10 nitrogen and oxygen atoms in total. The smallest absolute Gasteiger partial charge is 0.355 e. The summed E-state index contributed by atoms with van der Waals surface area (Å²) in [6, 6.07) is 7.03. The molecule has 2 aliphatic rings. The van der Waals surface area contributed by atoms with Crippen LogP contribution in [0.4, 0.5) is 0 Å². The molecule has 0 bridgehead atoms. The second-order valence-corrected chi connectivity index (χ2v) is 9.73. The van der Waals surface area contributed by atoms with Crippen molar-refractivity contribution in [3.8, 4) is 17.1 Å². The summed E-state index contributed by atoms with van der Waals surface area (Å²) in [5.41, 5.74) is 1.87. The summed E-state index contributed by atoms with van der Waals surface area (Å²) >= 11 is 0. The Kier molecular flexibility index (Phi) is 6.04. The Morgan fingerprint density at radius 1 is 1.30 bits per heavy atom. The van der Waals surface area contributed by atoms with Crippen LogP contribution in [0.5, 0.6) is 5.75 Å². The van der Waals surface area contributed by atoms with Gasteiger partial charge in [0.2, 0.25) is 5.60 Å². The molecule has 2 aromatic heterocycles. The Morgan fingerprint density at radius 3 is 2.73 bits per heavy atom. The number of methoxy groups -OCH3 is 1. The molecule has 1 unspecified atom stereocenters. The van der Waals surface area contributed by atoms with E-state index < -0.39 is 23.6 Å². The molecule has 0 spiro atoms. The molecule has 2 aliphatic heterocycles. The highest BCUT2D eigenvalue weighted by atomic mass is 16.6. The van der Waals surface area contributed by atoms with Gasteiger partial charge < -0.3 is 28.8 Å². The quantitative estimate of drug-likeness (QED) is 0.392. The lowest BCUT2D eigenvalue weighted by Crippen LogP contribution is -2.48. The molecule has 10 heteroatoms. The first kappa shape index (κ1) is 24.9. The van der Waals surface area contributed by atoms with Crippen LogP contribution in [-0.2, 0) is 49.1 Å². The van der Waals surface area contributed by atoms with Crippen LogP contribution in [0.3, 0.4) is 0 Å². The lowest BCUT2D eigenvalue weighted by atomic mass is 9.85. The molecule has 0 saturated heterocycles. The van der Waals surface area contributed by atoms with Crippen LogP contribution in [0, 0.1) is 0 Å². The van der Waals surface area contributed by atoms with E-state index in [1.54, 1.807) is 29.7 Å². The molecule has 5 rings (SSSR count). The summed E-state index contributed by atoms with van der Waals surface area (Å²) in [4.78, 5) is 46.2. The number of carbonyl (C=O) groups excluding carboxylic acids is 2. The van der Waals surface area contributed by atoms with Crippen LogP contribution in [-0.4, -0.2) is 58.8 Å². The number of hydrogen-bond donors (Lipinski definition) is 1. The highest BCUT2D eigenvalue weighted by molar-refractivity contribution is 5.90. The predicted octanol–water partition coefficient (Wildman–Crippen LogP) is 2.43. The first-order valence-electron chi connectivity index (χ1n) is 12.1. The van der Waals surface area contributed by atoms with Crippen molar-refractivity contribution < 1.29 is 28.9 Å². The van der Waals surface area contributed by atoms with Crippen LogP contribution in [0.1, 0.15) is 42.5 Å². The Labute approximate surface area is 213 Å². The number of pyridine rings is 2. The number of cyclic esters (lactones) is 1. The minimum Gasteiger partial charge on any atom is -0.508 e. The van der Waals surface area contributed by atoms with E-state index >= 15 is 0 Å². The molecule has 0 fully saturated rings. The summed E-state index contributed by atoms with van der Waals surface area (Å²) in [5, 5.41) is 11.3. The van der Waals surface area contributed by atoms with E-state index in [4.69, 9.17) is 19.2 Å². The molecular weight excluding hydrogens is 478 g/mol. The third-order valence-corrected chi connectivity index (χ3v) is 7.18. The maximum absolute atomic E-state index is 13.7. The number of carbonyl (C=O) groups is 2. The summed E-state index contributed by atoms with van der Waals surface area (Å²) in [6.07, 6.45) is -0.826. The fourth-order valence-electron chi connectivity index (χ4n) is 5.09. The van der Waals surface area contributed by atoms with Crippen LogP contribution >= 0.6 is 0 Å². The molecule has 37 heavy (non-hydrogen) atoms. The second kappa shape index (κ2) is 8.97. The monoisotopic (exact) mass is 507 g/mol. The highest BCUT2D eigenvalue weighted by Gasteiger charge is 2.51. The summed E-state index contributed by atoms with van der Waals surface area (Å²) in [5.74, 6) is -1.27. The Balaban J connectivity index is 1.70. The molecule has 1 N–H and O–H groups in total. The summed E-state index contributed by atoms with van der Waals surface area (Å²) < 4.78 is 17.7. The average Bonchev–Trinajstić information content (AvgIpc) is 3.23. The van der Waals surface area contributed by atoms with E-state index in [9.17, 15) is 19.5 Å². The normalized spacial score (nSPS) is 18.8. The number of hydrogen-bond acceptors (Lipinski definition) is 9. The first-order chi connectivity index (χ1) is 17.6. The number of aromatic hydroxyl groups is 1. The van der Waals surface area contributed by atoms with Crippen molar-refractivity contribution in [3.63, 3.8) is 0 Å². The van der Waals surface area contributed by atoms with Crippen molar-refractivity contribution in [1.82, 2.24) is 14.5 Å². The lowest BCUT2D eigenvalue weighted by molar-refractivity contribution is -0.194. The number of nitrogens with zero attached hydrogens (tertiary/aromatic N) is 3. The number of phenolic OH excluding ortho intramolecular Hbond substituents is 1. The van der Waals surface area contributed by atoms with Gasteiger partial charge in [0, 0.05) is 35.7 Å². The maximum atomic E-state index is 13.7. The average molecular weight is 508 g/mol. The number of phenols is 1. The molecule has 0 radical (unpaired) electrons. The van der Waals surface area contributed by atoms with Crippen molar-refractivity contribution in [1.29, 1.82) is 0 Å². The topological polar surface area (TPSA) is 120 Å². The molecule has 0 amide bonds.